The SMILES string of the molecule is CCC(Oc1ccccc1C)C(=O)Nc1cc(C(F)(F)F)ccc1Cl. The number of carbonyl (C=O) groups excluding carboxylic acids is 1. The lowest BCUT2D eigenvalue weighted by Crippen LogP contribution is -2.32. The smallest absolute Gasteiger partial charge is 0.416 e. The minimum absolute atomic E-state index is 0.0205. The van der Waals surface area contributed by atoms with E-state index in [2.05, 4.69) is 5.32 Å². The van der Waals surface area contributed by atoms with Gasteiger partial charge in [-0.15, -0.1) is 0 Å². The number of amides is 1. The van der Waals surface area contributed by atoms with Crippen molar-refractivity contribution in [2.24, 2.45) is 0 Å². The highest BCUT2D eigenvalue weighted by Crippen LogP contribution is 2.34. The molecular weight excluding hydrogens is 355 g/mol. The van der Waals surface area contributed by atoms with E-state index in [-0.39, 0.29) is 10.7 Å². The average molecular weight is 372 g/mol. The predicted octanol–water partition coefficient (Wildman–Crippen LogP) is 5.46. The monoisotopic (exact) mass is 371 g/mol. The second kappa shape index (κ2) is 7.78. The molecule has 0 radical (unpaired) electrons. The first-order chi connectivity index (χ1) is 11.7. The molecule has 1 amide bonds. The van der Waals surface area contributed by atoms with Gasteiger partial charge in [-0.25, -0.2) is 0 Å². The van der Waals surface area contributed by atoms with Crippen molar-refractivity contribution in [2.45, 2.75) is 32.5 Å². The van der Waals surface area contributed by atoms with Gasteiger partial charge in [-0.1, -0.05) is 36.7 Å². The van der Waals surface area contributed by atoms with Crippen LogP contribution in [0.3, 0.4) is 0 Å². The Morgan fingerprint density at radius 3 is 2.52 bits per heavy atom. The highest BCUT2D eigenvalue weighted by molar-refractivity contribution is 6.33. The molecule has 0 spiro atoms. The first kappa shape index (κ1) is 19.1. The number of hydrogen-bond acceptors (Lipinski definition) is 2. The van der Waals surface area contributed by atoms with Gasteiger partial charge in [-0.2, -0.15) is 13.2 Å². The lowest BCUT2D eigenvalue weighted by atomic mass is 10.1. The summed E-state index contributed by atoms with van der Waals surface area (Å²) in [7, 11) is 0. The summed E-state index contributed by atoms with van der Waals surface area (Å²) in [6.07, 6.45) is -5.03. The first-order valence-corrected chi connectivity index (χ1v) is 8.00. The van der Waals surface area contributed by atoms with Gasteiger partial charge in [-0.05, 0) is 43.2 Å². The molecule has 134 valence electrons. The van der Waals surface area contributed by atoms with E-state index in [1.807, 2.05) is 19.1 Å². The van der Waals surface area contributed by atoms with Crippen LogP contribution >= 0.6 is 11.6 Å². The van der Waals surface area contributed by atoms with Crippen LogP contribution in [0.2, 0.25) is 5.02 Å². The maximum Gasteiger partial charge on any atom is 0.416 e. The van der Waals surface area contributed by atoms with E-state index >= 15 is 0 Å². The third-order valence-electron chi connectivity index (χ3n) is 3.58. The van der Waals surface area contributed by atoms with Crippen molar-refractivity contribution in [3.8, 4) is 5.75 Å². The number of alkyl halides is 3. The summed E-state index contributed by atoms with van der Waals surface area (Å²) in [5.41, 5.74) is -0.140. The molecule has 0 fully saturated rings. The Hall–Kier alpha value is -2.21. The number of para-hydroxylation sites is 1. The first-order valence-electron chi connectivity index (χ1n) is 7.62. The molecule has 0 heterocycles. The van der Waals surface area contributed by atoms with Gasteiger partial charge in [0.1, 0.15) is 5.75 Å². The van der Waals surface area contributed by atoms with Gasteiger partial charge in [0.2, 0.25) is 0 Å². The fraction of sp³-hybridized carbons (Fsp3) is 0.278. The average Bonchev–Trinajstić information content (AvgIpc) is 2.55. The molecule has 7 heteroatoms. The Balaban J connectivity index is 2.18. The Labute approximate surface area is 148 Å². The third-order valence-corrected chi connectivity index (χ3v) is 3.91. The molecule has 1 unspecified atom stereocenters. The largest absolute Gasteiger partial charge is 0.480 e. The summed E-state index contributed by atoms with van der Waals surface area (Å²) >= 11 is 5.90. The number of nitrogens with one attached hydrogen (secondary N) is 1. The summed E-state index contributed by atoms with van der Waals surface area (Å²) in [5.74, 6) is -0.0217. The molecule has 2 aromatic rings. The van der Waals surface area contributed by atoms with Gasteiger partial charge in [0.25, 0.3) is 5.91 Å². The molecule has 0 saturated carbocycles. The second-order valence-corrected chi connectivity index (χ2v) is 5.87. The Kier molecular flexibility index (Phi) is 5.95. The van der Waals surface area contributed by atoms with Crippen LogP contribution in [0.15, 0.2) is 42.5 Å². The summed E-state index contributed by atoms with van der Waals surface area (Å²) < 4.78 is 44.1. The summed E-state index contributed by atoms with van der Waals surface area (Å²) in [6, 6.07) is 9.94. The van der Waals surface area contributed by atoms with Crippen LogP contribution in [-0.2, 0) is 11.0 Å². The van der Waals surface area contributed by atoms with E-state index in [0.29, 0.717) is 12.2 Å². The van der Waals surface area contributed by atoms with Gasteiger partial charge in [0.15, 0.2) is 6.10 Å². The van der Waals surface area contributed by atoms with E-state index < -0.39 is 23.8 Å². The zero-order valence-corrected chi connectivity index (χ0v) is 14.4. The minimum atomic E-state index is -4.52. The minimum Gasteiger partial charge on any atom is -0.480 e. The molecule has 0 aliphatic rings. The van der Waals surface area contributed by atoms with Gasteiger partial charge >= 0.3 is 6.18 Å². The van der Waals surface area contributed by atoms with E-state index in [9.17, 15) is 18.0 Å². The van der Waals surface area contributed by atoms with E-state index in [4.69, 9.17) is 16.3 Å². The van der Waals surface area contributed by atoms with Crippen LogP contribution in [0.5, 0.6) is 5.75 Å². The van der Waals surface area contributed by atoms with Gasteiger partial charge < -0.3 is 10.1 Å². The number of carbonyl (C=O) groups is 1. The molecule has 0 aliphatic heterocycles. The van der Waals surface area contributed by atoms with Crippen LogP contribution in [-0.4, -0.2) is 12.0 Å². The molecule has 0 bridgehead atoms. The van der Waals surface area contributed by atoms with Crippen LogP contribution in [0.25, 0.3) is 0 Å². The lowest BCUT2D eigenvalue weighted by molar-refractivity contribution is -0.137. The molecule has 1 atom stereocenters. The molecule has 2 rings (SSSR count). The van der Waals surface area contributed by atoms with Crippen LogP contribution in [0.4, 0.5) is 18.9 Å². The fourth-order valence-electron chi connectivity index (χ4n) is 2.17. The normalized spacial score (nSPS) is 12.6. The highest BCUT2D eigenvalue weighted by atomic mass is 35.5. The molecule has 0 aromatic heterocycles. The summed E-state index contributed by atoms with van der Waals surface area (Å²) in [6.45, 7) is 3.58. The quantitative estimate of drug-likeness (QED) is 0.757. The van der Waals surface area contributed by atoms with Gasteiger partial charge in [0, 0.05) is 0 Å². The number of benzene rings is 2. The fourth-order valence-corrected chi connectivity index (χ4v) is 2.34. The number of rotatable bonds is 5. The third kappa shape index (κ3) is 4.89. The zero-order chi connectivity index (χ0) is 18.6. The van der Waals surface area contributed by atoms with Crippen molar-refractivity contribution in [1.29, 1.82) is 0 Å². The summed E-state index contributed by atoms with van der Waals surface area (Å²) in [5, 5.41) is 2.44. The lowest BCUT2D eigenvalue weighted by Gasteiger charge is -2.19. The van der Waals surface area contributed by atoms with E-state index in [1.54, 1.807) is 19.1 Å². The van der Waals surface area contributed by atoms with Gasteiger partial charge in [-0.3, -0.25) is 4.79 Å². The van der Waals surface area contributed by atoms with Crippen LogP contribution in [0.1, 0.15) is 24.5 Å². The highest BCUT2D eigenvalue weighted by Gasteiger charge is 2.31. The van der Waals surface area contributed by atoms with Crippen molar-refractivity contribution in [1.82, 2.24) is 0 Å². The number of ether oxygens (including phenoxy) is 1. The predicted molar refractivity (Wildman–Crippen MR) is 91.0 cm³/mol. The topological polar surface area (TPSA) is 38.3 Å². The molecule has 3 nitrogen and oxygen atoms in total. The Morgan fingerprint density at radius 1 is 1.24 bits per heavy atom. The number of halogens is 4. The Bertz CT molecular complexity index is 762. The molecule has 0 aliphatic carbocycles. The van der Waals surface area contributed by atoms with Crippen molar-refractivity contribution >= 4 is 23.2 Å². The number of aryl methyl sites for hydroxylation is 1. The van der Waals surface area contributed by atoms with Crippen LogP contribution in [0, 0.1) is 6.92 Å². The number of anilines is 1. The van der Waals surface area contributed by atoms with E-state index in [0.717, 1.165) is 23.8 Å². The second-order valence-electron chi connectivity index (χ2n) is 5.46. The Morgan fingerprint density at radius 2 is 1.92 bits per heavy atom. The van der Waals surface area contributed by atoms with Gasteiger partial charge in [0.05, 0.1) is 16.3 Å². The van der Waals surface area contributed by atoms with Crippen molar-refractivity contribution in [3.05, 3.63) is 58.6 Å². The maximum absolute atomic E-state index is 12.8. The molecule has 0 saturated heterocycles. The van der Waals surface area contributed by atoms with Crippen LogP contribution < -0.4 is 10.1 Å². The maximum atomic E-state index is 12.8. The molecule has 25 heavy (non-hydrogen) atoms. The van der Waals surface area contributed by atoms with Crippen molar-refractivity contribution in [2.75, 3.05) is 5.32 Å². The number of hydrogen-bond donors (Lipinski definition) is 1. The molecule has 2 aromatic carbocycles. The summed E-state index contributed by atoms with van der Waals surface area (Å²) in [4.78, 5) is 12.4. The molecule has 1 N–H and O–H groups in total. The van der Waals surface area contributed by atoms with Crippen molar-refractivity contribution < 1.29 is 22.7 Å². The van der Waals surface area contributed by atoms with E-state index in [1.165, 1.54) is 0 Å². The van der Waals surface area contributed by atoms with Crippen molar-refractivity contribution in [3.63, 3.8) is 0 Å². The zero-order valence-electron chi connectivity index (χ0n) is 13.7. The standard InChI is InChI=1S/C18H17ClF3NO2/c1-3-15(25-16-7-5-4-6-11(16)2)17(24)23-14-10-12(18(20,21)22)8-9-13(14)19/h4-10,15H,3H2,1-2H3,(H,23,24). The molecular formula is C18H17ClF3NO2.